The third-order valence-electron chi connectivity index (χ3n) is 3.21. The predicted molar refractivity (Wildman–Crippen MR) is 76.9 cm³/mol. The highest BCUT2D eigenvalue weighted by molar-refractivity contribution is 5.20. The van der Waals surface area contributed by atoms with Crippen molar-refractivity contribution in [3.8, 4) is 0 Å². The van der Waals surface area contributed by atoms with E-state index in [4.69, 9.17) is 0 Å². The molecule has 0 unspecified atom stereocenters. The molecule has 0 radical (unpaired) electrons. The number of allylic oxidation sites excluding steroid dienone is 6. The molecule has 0 spiro atoms. The van der Waals surface area contributed by atoms with Crippen LogP contribution in [0.3, 0.4) is 0 Å². The number of nitrogens with zero attached hydrogens (tertiary/aromatic N) is 1. The molecule has 0 aliphatic heterocycles. The lowest BCUT2D eigenvalue weighted by Crippen LogP contribution is -2.22. The summed E-state index contributed by atoms with van der Waals surface area (Å²) in [5, 5.41) is 0. The highest BCUT2D eigenvalue weighted by Crippen LogP contribution is 2.17. The Labute approximate surface area is 107 Å². The summed E-state index contributed by atoms with van der Waals surface area (Å²) in [5.41, 5.74) is 3.00. The fourth-order valence-electron chi connectivity index (χ4n) is 2.19. The maximum Gasteiger partial charge on any atom is 0.0194 e. The van der Waals surface area contributed by atoms with E-state index in [1.165, 1.54) is 17.7 Å². The maximum absolute atomic E-state index is 2.41. The Kier molecular flexibility index (Phi) is 6.10. The standard InChI is InChI=1S/C16H27N/c1-5-15-9-7-6-8-10-16(12-11-15)17(4)13-14(2)3/h6-7,11-12,14H,5,8-10,13H2,1-4H3/b7-6-,15-11-,16-12+. The summed E-state index contributed by atoms with van der Waals surface area (Å²) in [6.07, 6.45) is 13.9. The monoisotopic (exact) mass is 233 g/mol. The molecule has 1 aliphatic carbocycles. The van der Waals surface area contributed by atoms with Crippen molar-refractivity contribution in [2.45, 2.75) is 46.5 Å². The van der Waals surface area contributed by atoms with Crippen molar-refractivity contribution in [2.24, 2.45) is 5.92 Å². The minimum absolute atomic E-state index is 0.721. The first-order chi connectivity index (χ1) is 8.13. The quantitative estimate of drug-likeness (QED) is 0.645. The minimum Gasteiger partial charge on any atom is -0.378 e. The molecule has 1 rings (SSSR count). The van der Waals surface area contributed by atoms with E-state index in [1.807, 2.05) is 0 Å². The van der Waals surface area contributed by atoms with Gasteiger partial charge in [-0.05, 0) is 37.7 Å². The molecule has 0 heterocycles. The van der Waals surface area contributed by atoms with Crippen LogP contribution in [0.1, 0.15) is 46.5 Å². The van der Waals surface area contributed by atoms with Gasteiger partial charge in [0.1, 0.15) is 0 Å². The summed E-state index contributed by atoms with van der Waals surface area (Å²) in [7, 11) is 2.22. The number of hydrogen-bond donors (Lipinski definition) is 0. The Hall–Kier alpha value is -0.980. The second kappa shape index (κ2) is 7.37. The van der Waals surface area contributed by atoms with Crippen LogP contribution in [0.4, 0.5) is 0 Å². The molecule has 0 atom stereocenters. The molecule has 0 aromatic carbocycles. The van der Waals surface area contributed by atoms with Crippen LogP contribution in [0.2, 0.25) is 0 Å². The van der Waals surface area contributed by atoms with Crippen molar-refractivity contribution in [3.63, 3.8) is 0 Å². The molecular formula is C16H27N. The Balaban J connectivity index is 2.77. The van der Waals surface area contributed by atoms with Gasteiger partial charge in [0.25, 0.3) is 0 Å². The van der Waals surface area contributed by atoms with Gasteiger partial charge in [-0.15, -0.1) is 0 Å². The van der Waals surface area contributed by atoms with Gasteiger partial charge in [-0.2, -0.15) is 0 Å². The molecule has 1 nitrogen and oxygen atoms in total. The van der Waals surface area contributed by atoms with Crippen LogP contribution >= 0.6 is 0 Å². The molecule has 0 amide bonds. The number of rotatable bonds is 4. The van der Waals surface area contributed by atoms with Crippen LogP contribution in [-0.2, 0) is 0 Å². The molecule has 1 heteroatoms. The Morgan fingerprint density at radius 1 is 1.24 bits per heavy atom. The Morgan fingerprint density at radius 3 is 2.65 bits per heavy atom. The second-order valence-corrected chi connectivity index (χ2v) is 5.33. The van der Waals surface area contributed by atoms with Crippen LogP contribution in [0.15, 0.2) is 35.6 Å². The maximum atomic E-state index is 2.41. The zero-order valence-electron chi connectivity index (χ0n) is 11.9. The van der Waals surface area contributed by atoms with Crippen molar-refractivity contribution < 1.29 is 0 Å². The average Bonchev–Trinajstić information content (AvgIpc) is 2.39. The van der Waals surface area contributed by atoms with Crippen molar-refractivity contribution in [2.75, 3.05) is 13.6 Å². The van der Waals surface area contributed by atoms with E-state index in [1.54, 1.807) is 0 Å². The number of hydrogen-bond acceptors (Lipinski definition) is 1. The molecule has 0 aromatic rings. The smallest absolute Gasteiger partial charge is 0.0194 e. The van der Waals surface area contributed by atoms with Gasteiger partial charge in [-0.25, -0.2) is 0 Å². The zero-order chi connectivity index (χ0) is 12.7. The van der Waals surface area contributed by atoms with Crippen LogP contribution < -0.4 is 0 Å². The van der Waals surface area contributed by atoms with Crippen molar-refractivity contribution in [3.05, 3.63) is 35.6 Å². The molecule has 0 aromatic heterocycles. The van der Waals surface area contributed by atoms with Crippen LogP contribution in [0.5, 0.6) is 0 Å². The molecule has 1 aliphatic rings. The molecule has 96 valence electrons. The predicted octanol–water partition coefficient (Wildman–Crippen LogP) is 4.53. The summed E-state index contributed by atoms with van der Waals surface area (Å²) in [4.78, 5) is 2.41. The summed E-state index contributed by atoms with van der Waals surface area (Å²) < 4.78 is 0. The summed E-state index contributed by atoms with van der Waals surface area (Å²) >= 11 is 0. The lowest BCUT2D eigenvalue weighted by atomic mass is 10.1. The molecular weight excluding hydrogens is 206 g/mol. The van der Waals surface area contributed by atoms with E-state index >= 15 is 0 Å². The lowest BCUT2D eigenvalue weighted by molar-refractivity contribution is 0.350. The first-order valence-corrected chi connectivity index (χ1v) is 6.88. The highest BCUT2D eigenvalue weighted by Gasteiger charge is 2.06. The second-order valence-electron chi connectivity index (χ2n) is 5.33. The SMILES string of the molecule is CC/C1=C/C=C(/N(C)CC(C)C)CC/C=C\C1. The largest absolute Gasteiger partial charge is 0.378 e. The van der Waals surface area contributed by atoms with E-state index in [2.05, 4.69) is 57.0 Å². The molecule has 0 bridgehead atoms. The fraction of sp³-hybridized carbons (Fsp3) is 0.625. The molecule has 0 saturated carbocycles. The normalized spacial score (nSPS) is 25.0. The first-order valence-electron chi connectivity index (χ1n) is 6.88. The van der Waals surface area contributed by atoms with Gasteiger partial charge in [0, 0.05) is 19.3 Å². The average molecular weight is 233 g/mol. The third kappa shape index (κ3) is 5.25. The van der Waals surface area contributed by atoms with E-state index in [-0.39, 0.29) is 0 Å². The Bertz CT molecular complexity index is 307. The van der Waals surface area contributed by atoms with E-state index in [0.29, 0.717) is 0 Å². The van der Waals surface area contributed by atoms with Crippen molar-refractivity contribution >= 4 is 0 Å². The van der Waals surface area contributed by atoms with Crippen molar-refractivity contribution in [1.29, 1.82) is 0 Å². The fourth-order valence-corrected chi connectivity index (χ4v) is 2.19. The third-order valence-corrected chi connectivity index (χ3v) is 3.21. The van der Waals surface area contributed by atoms with Gasteiger partial charge in [-0.3, -0.25) is 0 Å². The molecule has 0 N–H and O–H groups in total. The van der Waals surface area contributed by atoms with Gasteiger partial charge in [-0.1, -0.05) is 44.6 Å². The highest BCUT2D eigenvalue weighted by atomic mass is 15.1. The van der Waals surface area contributed by atoms with Gasteiger partial charge in [0.2, 0.25) is 0 Å². The first kappa shape index (κ1) is 14.1. The van der Waals surface area contributed by atoms with Crippen LogP contribution in [0, 0.1) is 5.92 Å². The van der Waals surface area contributed by atoms with Crippen molar-refractivity contribution in [1.82, 2.24) is 4.90 Å². The van der Waals surface area contributed by atoms with Crippen LogP contribution in [-0.4, -0.2) is 18.5 Å². The summed E-state index contributed by atoms with van der Waals surface area (Å²) in [6.45, 7) is 7.94. The molecule has 0 fully saturated rings. The topological polar surface area (TPSA) is 3.24 Å². The van der Waals surface area contributed by atoms with Gasteiger partial charge < -0.3 is 4.90 Å². The van der Waals surface area contributed by atoms with E-state index < -0.39 is 0 Å². The lowest BCUT2D eigenvalue weighted by Gasteiger charge is -2.24. The summed E-state index contributed by atoms with van der Waals surface area (Å²) in [6, 6.07) is 0. The van der Waals surface area contributed by atoms with E-state index in [0.717, 1.165) is 31.7 Å². The van der Waals surface area contributed by atoms with Gasteiger partial charge in [0.05, 0.1) is 0 Å². The summed E-state index contributed by atoms with van der Waals surface area (Å²) in [5.74, 6) is 0.721. The minimum atomic E-state index is 0.721. The van der Waals surface area contributed by atoms with Gasteiger partial charge in [0.15, 0.2) is 0 Å². The molecule has 0 saturated heterocycles. The zero-order valence-corrected chi connectivity index (χ0v) is 11.9. The molecule has 17 heavy (non-hydrogen) atoms. The van der Waals surface area contributed by atoms with Gasteiger partial charge >= 0.3 is 0 Å². The van der Waals surface area contributed by atoms with Crippen LogP contribution in [0.25, 0.3) is 0 Å². The Morgan fingerprint density at radius 2 is 2.00 bits per heavy atom. The van der Waals surface area contributed by atoms with E-state index in [9.17, 15) is 0 Å².